The Kier molecular flexibility index (Phi) is 6.33. The van der Waals surface area contributed by atoms with Crippen molar-refractivity contribution in [2.24, 2.45) is 0 Å². The van der Waals surface area contributed by atoms with E-state index in [9.17, 15) is 14.0 Å². The highest BCUT2D eigenvalue weighted by atomic mass is 32.1. The van der Waals surface area contributed by atoms with E-state index in [0.29, 0.717) is 29.3 Å². The maximum absolute atomic E-state index is 13.3. The lowest BCUT2D eigenvalue weighted by Gasteiger charge is -2.23. The number of halogens is 1. The third kappa shape index (κ3) is 4.56. The maximum atomic E-state index is 13.3. The van der Waals surface area contributed by atoms with Gasteiger partial charge in [-0.2, -0.15) is 5.10 Å². The molecular weight excluding hydrogens is 433 g/mol. The molecule has 1 aliphatic rings. The van der Waals surface area contributed by atoms with Crippen molar-refractivity contribution in [2.75, 3.05) is 19.7 Å². The second-order valence-corrected chi connectivity index (χ2v) is 8.96. The van der Waals surface area contributed by atoms with Crippen LogP contribution in [0.3, 0.4) is 0 Å². The number of ether oxygens (including phenoxy) is 1. The molecule has 3 aromatic rings. The van der Waals surface area contributed by atoms with Gasteiger partial charge in [-0.05, 0) is 38.5 Å². The highest BCUT2D eigenvalue weighted by Crippen LogP contribution is 2.32. The van der Waals surface area contributed by atoms with E-state index in [1.807, 2.05) is 20.8 Å². The zero-order valence-electron chi connectivity index (χ0n) is 18.0. The summed E-state index contributed by atoms with van der Waals surface area (Å²) in [6.45, 7) is 6.68. The third-order valence-electron chi connectivity index (χ3n) is 5.12. The topological polar surface area (TPSA) is 89.3 Å². The average Bonchev–Trinajstić information content (AvgIpc) is 3.51. The average molecular weight is 458 g/mol. The Labute approximate surface area is 189 Å². The number of nitrogens with zero attached hydrogens (tertiary/aromatic N) is 4. The van der Waals surface area contributed by atoms with Crippen LogP contribution in [0.1, 0.15) is 45.7 Å². The molecule has 1 aromatic carbocycles. The predicted octanol–water partition coefficient (Wildman–Crippen LogP) is 3.26. The summed E-state index contributed by atoms with van der Waals surface area (Å²) in [6, 6.07) is 6.14. The van der Waals surface area contributed by atoms with Crippen LogP contribution in [0.2, 0.25) is 0 Å². The fourth-order valence-corrected chi connectivity index (χ4v) is 4.36. The number of hydrogen-bond acceptors (Lipinski definition) is 6. The molecule has 8 nitrogen and oxygen atoms in total. The molecule has 1 aliphatic heterocycles. The number of aryl methyl sites for hydroxylation is 1. The number of aromatic nitrogens is 3. The van der Waals surface area contributed by atoms with Crippen molar-refractivity contribution in [2.45, 2.75) is 33.0 Å². The van der Waals surface area contributed by atoms with Crippen molar-refractivity contribution < 1.29 is 18.7 Å². The first kappa shape index (κ1) is 22.1. The van der Waals surface area contributed by atoms with E-state index >= 15 is 0 Å². The normalized spacial score (nSPS) is 16.0. The quantitative estimate of drug-likeness (QED) is 0.614. The van der Waals surface area contributed by atoms with Gasteiger partial charge in [-0.15, -0.1) is 11.3 Å². The van der Waals surface area contributed by atoms with Crippen molar-refractivity contribution >= 4 is 23.2 Å². The summed E-state index contributed by atoms with van der Waals surface area (Å²) in [6.07, 6.45) is 2.60. The van der Waals surface area contributed by atoms with E-state index in [4.69, 9.17) is 4.74 Å². The first-order valence-electron chi connectivity index (χ1n) is 10.3. The predicted molar refractivity (Wildman–Crippen MR) is 118 cm³/mol. The Morgan fingerprint density at radius 2 is 2.06 bits per heavy atom. The molecule has 0 spiro atoms. The monoisotopic (exact) mass is 457 g/mol. The number of carbonyl (C=O) groups is 2. The molecule has 2 aromatic heterocycles. The SMILES string of the molecule is Cc1nc(C(=O)N2CCOC2CNC(=O)c2cnn(C(C)C)c2)c(-c2ccc(F)cc2)s1. The van der Waals surface area contributed by atoms with Crippen LogP contribution >= 0.6 is 11.3 Å². The molecule has 10 heteroatoms. The molecule has 168 valence electrons. The molecule has 3 heterocycles. The summed E-state index contributed by atoms with van der Waals surface area (Å²) < 4.78 is 20.7. The van der Waals surface area contributed by atoms with Crippen LogP contribution in [0, 0.1) is 12.7 Å². The fourth-order valence-electron chi connectivity index (χ4n) is 3.45. The summed E-state index contributed by atoms with van der Waals surface area (Å²) in [5.41, 5.74) is 1.48. The van der Waals surface area contributed by atoms with Gasteiger partial charge in [-0.1, -0.05) is 12.1 Å². The second kappa shape index (κ2) is 9.17. The van der Waals surface area contributed by atoms with Gasteiger partial charge >= 0.3 is 0 Å². The van der Waals surface area contributed by atoms with Crippen molar-refractivity contribution in [3.63, 3.8) is 0 Å². The molecule has 0 saturated carbocycles. The number of nitrogens with one attached hydrogen (secondary N) is 1. The summed E-state index contributed by atoms with van der Waals surface area (Å²) >= 11 is 1.38. The minimum Gasteiger partial charge on any atom is -0.355 e. The van der Waals surface area contributed by atoms with E-state index in [-0.39, 0.29) is 30.2 Å². The molecule has 1 N–H and O–H groups in total. The molecule has 1 fully saturated rings. The smallest absolute Gasteiger partial charge is 0.276 e. The summed E-state index contributed by atoms with van der Waals surface area (Å²) in [5, 5.41) is 7.73. The van der Waals surface area contributed by atoms with Crippen molar-refractivity contribution in [3.05, 3.63) is 58.7 Å². The second-order valence-electron chi connectivity index (χ2n) is 7.75. The lowest BCUT2D eigenvalue weighted by Crippen LogP contribution is -2.44. The van der Waals surface area contributed by atoms with E-state index in [1.165, 1.54) is 29.7 Å². The van der Waals surface area contributed by atoms with E-state index in [1.54, 1.807) is 27.9 Å². The molecule has 32 heavy (non-hydrogen) atoms. The molecular formula is C22H24FN5O3S. The molecule has 1 saturated heterocycles. The Bertz CT molecular complexity index is 1130. The molecule has 0 radical (unpaired) electrons. The number of rotatable bonds is 6. The van der Waals surface area contributed by atoms with Crippen molar-refractivity contribution in [1.29, 1.82) is 0 Å². The van der Waals surface area contributed by atoms with E-state index in [0.717, 1.165) is 10.6 Å². The van der Waals surface area contributed by atoms with E-state index < -0.39 is 6.23 Å². The molecule has 0 bridgehead atoms. The Balaban J connectivity index is 1.47. The van der Waals surface area contributed by atoms with E-state index in [2.05, 4.69) is 15.4 Å². The number of hydrogen-bond donors (Lipinski definition) is 1. The van der Waals surface area contributed by atoms with Gasteiger partial charge in [0.2, 0.25) is 0 Å². The van der Waals surface area contributed by atoms with Gasteiger partial charge < -0.3 is 15.0 Å². The number of carbonyl (C=O) groups excluding carboxylic acids is 2. The van der Waals surface area contributed by atoms with Crippen LogP contribution in [-0.2, 0) is 4.74 Å². The van der Waals surface area contributed by atoms with Gasteiger partial charge in [-0.3, -0.25) is 14.3 Å². The molecule has 2 amide bonds. The first-order chi connectivity index (χ1) is 15.3. The Morgan fingerprint density at radius 1 is 1.31 bits per heavy atom. The molecule has 1 unspecified atom stereocenters. The molecule has 4 rings (SSSR count). The highest BCUT2D eigenvalue weighted by molar-refractivity contribution is 7.15. The first-order valence-corrected chi connectivity index (χ1v) is 11.1. The van der Waals surface area contributed by atoms with Crippen LogP contribution in [0.5, 0.6) is 0 Å². The molecule has 0 aliphatic carbocycles. The number of amides is 2. The largest absolute Gasteiger partial charge is 0.355 e. The van der Waals surface area contributed by atoms with Gasteiger partial charge in [0.25, 0.3) is 11.8 Å². The van der Waals surface area contributed by atoms with Crippen LogP contribution in [0.15, 0.2) is 36.7 Å². The fraction of sp³-hybridized carbons (Fsp3) is 0.364. The van der Waals surface area contributed by atoms with Crippen molar-refractivity contribution in [1.82, 2.24) is 25.0 Å². The third-order valence-corrected chi connectivity index (χ3v) is 6.14. The lowest BCUT2D eigenvalue weighted by atomic mass is 10.1. The standard InChI is InChI=1S/C22H24FN5O3S/c1-13(2)28-12-16(10-25-28)21(29)24-11-18-27(8-9-31-18)22(30)19-20(32-14(3)26-19)15-4-6-17(23)7-5-15/h4-7,10,12-13,18H,8-9,11H2,1-3H3,(H,24,29). The lowest BCUT2D eigenvalue weighted by molar-refractivity contribution is 0.0276. The zero-order valence-corrected chi connectivity index (χ0v) is 18.9. The Morgan fingerprint density at radius 3 is 2.75 bits per heavy atom. The minimum atomic E-state index is -0.602. The highest BCUT2D eigenvalue weighted by Gasteiger charge is 2.33. The number of thiazole rings is 1. The summed E-state index contributed by atoms with van der Waals surface area (Å²) in [5.74, 6) is -0.903. The van der Waals surface area contributed by atoms with Crippen LogP contribution in [0.4, 0.5) is 4.39 Å². The zero-order chi connectivity index (χ0) is 22.8. The van der Waals surface area contributed by atoms with Gasteiger partial charge in [0.05, 0.1) is 34.8 Å². The van der Waals surface area contributed by atoms with Crippen molar-refractivity contribution in [3.8, 4) is 10.4 Å². The molecule has 1 atom stereocenters. The van der Waals surface area contributed by atoms with Crippen LogP contribution in [-0.4, -0.2) is 57.4 Å². The van der Waals surface area contributed by atoms with Gasteiger partial charge in [0.1, 0.15) is 17.7 Å². The van der Waals surface area contributed by atoms with Crippen LogP contribution in [0.25, 0.3) is 10.4 Å². The maximum Gasteiger partial charge on any atom is 0.276 e. The number of benzene rings is 1. The van der Waals surface area contributed by atoms with Gasteiger partial charge in [0.15, 0.2) is 0 Å². The summed E-state index contributed by atoms with van der Waals surface area (Å²) in [7, 11) is 0. The van der Waals surface area contributed by atoms with Gasteiger partial charge in [0, 0.05) is 18.8 Å². The van der Waals surface area contributed by atoms with Crippen LogP contribution < -0.4 is 5.32 Å². The summed E-state index contributed by atoms with van der Waals surface area (Å²) in [4.78, 5) is 32.5. The minimum absolute atomic E-state index is 0.145. The Hall–Kier alpha value is -3.11. The van der Waals surface area contributed by atoms with Gasteiger partial charge in [-0.25, -0.2) is 9.37 Å².